The number of rotatable bonds is 4. The van der Waals surface area contributed by atoms with Crippen LogP contribution in [0.15, 0.2) is 36.4 Å². The van der Waals surface area contributed by atoms with Crippen LogP contribution in [0.2, 0.25) is 0 Å². The summed E-state index contributed by atoms with van der Waals surface area (Å²) in [4.78, 5) is 2.38. The van der Waals surface area contributed by atoms with Gasteiger partial charge in [0.25, 0.3) is 0 Å². The van der Waals surface area contributed by atoms with Gasteiger partial charge in [0.1, 0.15) is 0 Å². The van der Waals surface area contributed by atoms with Crippen LogP contribution in [0.25, 0.3) is 0 Å². The van der Waals surface area contributed by atoms with Crippen LogP contribution in [0.1, 0.15) is 17.5 Å². The van der Waals surface area contributed by atoms with Gasteiger partial charge in [-0.25, -0.2) is 0 Å². The molecule has 2 nitrogen and oxygen atoms in total. The average molecular weight is 230 g/mol. The summed E-state index contributed by atoms with van der Waals surface area (Å²) in [5.41, 5.74) is 8.66. The molecule has 92 valence electrons. The van der Waals surface area contributed by atoms with Crippen molar-refractivity contribution in [3.8, 4) is 0 Å². The van der Waals surface area contributed by atoms with Crippen LogP contribution in [0.5, 0.6) is 0 Å². The van der Waals surface area contributed by atoms with Gasteiger partial charge in [0, 0.05) is 19.1 Å². The third-order valence-corrected chi connectivity index (χ3v) is 3.45. The highest BCUT2D eigenvalue weighted by Gasteiger charge is 2.17. The molecule has 0 heterocycles. The second-order valence-electron chi connectivity index (χ2n) is 5.17. The molecule has 0 aromatic heterocycles. The topological polar surface area (TPSA) is 29.3 Å². The Morgan fingerprint density at radius 2 is 2.06 bits per heavy atom. The van der Waals surface area contributed by atoms with Gasteiger partial charge in [-0.3, -0.25) is 0 Å². The zero-order chi connectivity index (χ0) is 12.3. The maximum Gasteiger partial charge on any atom is 0.0233 e. The molecule has 2 rings (SSSR count). The summed E-state index contributed by atoms with van der Waals surface area (Å²) in [6, 6.07) is 8.86. The summed E-state index contributed by atoms with van der Waals surface area (Å²) >= 11 is 0. The van der Waals surface area contributed by atoms with E-state index >= 15 is 0 Å². The Bertz CT molecular complexity index is 398. The minimum absolute atomic E-state index is 0.270. The molecule has 0 saturated heterocycles. The van der Waals surface area contributed by atoms with Gasteiger partial charge in [-0.15, -0.1) is 0 Å². The molecular formula is C15H22N2. The van der Waals surface area contributed by atoms with Crippen molar-refractivity contribution >= 4 is 0 Å². The smallest absolute Gasteiger partial charge is 0.0233 e. The maximum absolute atomic E-state index is 5.87. The molecule has 2 unspecified atom stereocenters. The number of nitrogens with two attached hydrogens (primary N) is 1. The lowest BCUT2D eigenvalue weighted by molar-refractivity contribution is 0.288. The molecule has 0 aliphatic heterocycles. The predicted molar refractivity (Wildman–Crippen MR) is 72.7 cm³/mol. The highest BCUT2D eigenvalue weighted by atomic mass is 15.1. The van der Waals surface area contributed by atoms with Crippen LogP contribution in [-0.2, 0) is 6.54 Å². The van der Waals surface area contributed by atoms with Crippen molar-refractivity contribution in [2.75, 3.05) is 13.6 Å². The molecule has 1 aromatic carbocycles. The zero-order valence-electron chi connectivity index (χ0n) is 10.8. The van der Waals surface area contributed by atoms with Crippen molar-refractivity contribution in [3.05, 3.63) is 47.5 Å². The third kappa shape index (κ3) is 3.42. The molecular weight excluding hydrogens is 208 g/mol. The minimum atomic E-state index is 0.270. The lowest BCUT2D eigenvalue weighted by atomic mass is 10.1. The van der Waals surface area contributed by atoms with Gasteiger partial charge >= 0.3 is 0 Å². The summed E-state index contributed by atoms with van der Waals surface area (Å²) in [6.07, 6.45) is 5.49. The fourth-order valence-corrected chi connectivity index (χ4v) is 2.49. The van der Waals surface area contributed by atoms with Crippen molar-refractivity contribution in [1.29, 1.82) is 0 Å². The largest absolute Gasteiger partial charge is 0.324 e. The third-order valence-electron chi connectivity index (χ3n) is 3.45. The Morgan fingerprint density at radius 1 is 1.29 bits per heavy atom. The van der Waals surface area contributed by atoms with Gasteiger partial charge in [-0.1, -0.05) is 36.4 Å². The maximum atomic E-state index is 5.87. The highest BCUT2D eigenvalue weighted by molar-refractivity contribution is 5.25. The minimum Gasteiger partial charge on any atom is -0.324 e. The quantitative estimate of drug-likeness (QED) is 0.804. The van der Waals surface area contributed by atoms with E-state index in [4.69, 9.17) is 5.73 Å². The second kappa shape index (κ2) is 5.48. The van der Waals surface area contributed by atoms with Crippen LogP contribution < -0.4 is 5.73 Å². The van der Waals surface area contributed by atoms with Crippen molar-refractivity contribution in [3.63, 3.8) is 0 Å². The van der Waals surface area contributed by atoms with Gasteiger partial charge in [0.05, 0.1) is 0 Å². The number of hydrogen-bond donors (Lipinski definition) is 1. The van der Waals surface area contributed by atoms with E-state index in [0.717, 1.165) is 19.5 Å². The van der Waals surface area contributed by atoms with Gasteiger partial charge < -0.3 is 10.6 Å². The molecule has 1 aliphatic rings. The lowest BCUT2D eigenvalue weighted by Gasteiger charge is -2.21. The zero-order valence-corrected chi connectivity index (χ0v) is 10.8. The first-order chi connectivity index (χ1) is 8.15. The fourth-order valence-electron chi connectivity index (χ4n) is 2.49. The van der Waals surface area contributed by atoms with Crippen LogP contribution >= 0.6 is 0 Å². The molecule has 0 radical (unpaired) electrons. The van der Waals surface area contributed by atoms with Crippen molar-refractivity contribution in [1.82, 2.24) is 4.90 Å². The lowest BCUT2D eigenvalue weighted by Crippen LogP contribution is -2.26. The van der Waals surface area contributed by atoms with E-state index < -0.39 is 0 Å². The molecule has 0 amide bonds. The highest BCUT2D eigenvalue weighted by Crippen LogP contribution is 2.18. The van der Waals surface area contributed by atoms with Crippen LogP contribution in [0, 0.1) is 12.8 Å². The average Bonchev–Trinajstić information content (AvgIpc) is 2.67. The van der Waals surface area contributed by atoms with E-state index in [-0.39, 0.29) is 6.04 Å². The van der Waals surface area contributed by atoms with Crippen molar-refractivity contribution < 1.29 is 0 Å². The Kier molecular flexibility index (Phi) is 3.97. The number of hydrogen-bond acceptors (Lipinski definition) is 2. The Balaban J connectivity index is 1.87. The van der Waals surface area contributed by atoms with Crippen molar-refractivity contribution in [2.24, 2.45) is 11.7 Å². The van der Waals surface area contributed by atoms with Crippen LogP contribution in [0.3, 0.4) is 0 Å². The first-order valence-electron chi connectivity index (χ1n) is 6.32. The monoisotopic (exact) mass is 230 g/mol. The van der Waals surface area contributed by atoms with E-state index in [0.29, 0.717) is 5.92 Å². The molecule has 0 fully saturated rings. The number of benzene rings is 1. The Morgan fingerprint density at radius 3 is 2.71 bits per heavy atom. The summed E-state index contributed by atoms with van der Waals surface area (Å²) in [5.74, 6) is 0.624. The first kappa shape index (κ1) is 12.3. The summed E-state index contributed by atoms with van der Waals surface area (Å²) < 4.78 is 0. The Labute approximate surface area is 104 Å². The van der Waals surface area contributed by atoms with Crippen molar-refractivity contribution in [2.45, 2.75) is 25.9 Å². The summed E-state index contributed by atoms with van der Waals surface area (Å²) in [6.45, 7) is 4.29. The molecule has 0 spiro atoms. The van der Waals surface area contributed by atoms with Gasteiger partial charge in [-0.2, -0.15) is 0 Å². The van der Waals surface area contributed by atoms with E-state index in [1.54, 1.807) is 0 Å². The van der Waals surface area contributed by atoms with Gasteiger partial charge in [0.15, 0.2) is 0 Å². The number of aryl methyl sites for hydroxylation is 1. The molecule has 2 N–H and O–H groups in total. The predicted octanol–water partition coefficient (Wildman–Crippen LogP) is 2.33. The molecule has 1 aliphatic carbocycles. The first-order valence-corrected chi connectivity index (χ1v) is 6.32. The standard InChI is InChI=1S/C15H22N2/c1-12-5-3-4-6-14(12)11-17(2)10-13-7-8-15(16)9-13/h3-8,13,15H,9-11,16H2,1-2H3. The van der Waals surface area contributed by atoms with E-state index in [9.17, 15) is 0 Å². The van der Waals surface area contributed by atoms with E-state index in [2.05, 4.69) is 55.3 Å². The molecule has 1 aromatic rings. The van der Waals surface area contributed by atoms with E-state index in [1.807, 2.05) is 0 Å². The molecule has 0 bridgehead atoms. The Hall–Kier alpha value is -1.12. The van der Waals surface area contributed by atoms with Crippen LogP contribution in [0.4, 0.5) is 0 Å². The SMILES string of the molecule is Cc1ccccc1CN(C)CC1C=CC(N)C1. The molecule has 2 atom stereocenters. The molecule has 2 heteroatoms. The van der Waals surface area contributed by atoms with Crippen LogP contribution in [-0.4, -0.2) is 24.5 Å². The van der Waals surface area contributed by atoms with Gasteiger partial charge in [0.2, 0.25) is 0 Å². The molecule has 17 heavy (non-hydrogen) atoms. The van der Waals surface area contributed by atoms with E-state index in [1.165, 1.54) is 11.1 Å². The summed E-state index contributed by atoms with van der Waals surface area (Å²) in [5, 5.41) is 0. The summed E-state index contributed by atoms with van der Waals surface area (Å²) in [7, 11) is 2.18. The number of nitrogens with zero attached hydrogens (tertiary/aromatic N) is 1. The molecule has 0 saturated carbocycles. The second-order valence-corrected chi connectivity index (χ2v) is 5.17. The normalized spacial score (nSPS) is 23.5. The van der Waals surface area contributed by atoms with Gasteiger partial charge in [-0.05, 0) is 37.4 Å². The fraction of sp³-hybridized carbons (Fsp3) is 0.467.